The number of hydrogen-bond acceptors (Lipinski definition) is 10. The molecule has 264 valence electrons. The van der Waals surface area contributed by atoms with Crippen molar-refractivity contribution in [2.24, 2.45) is 5.41 Å². The summed E-state index contributed by atoms with van der Waals surface area (Å²) in [6.07, 6.45) is 11.7. The molecule has 12 heteroatoms. The van der Waals surface area contributed by atoms with Crippen LogP contribution in [0.5, 0.6) is 17.2 Å². The lowest BCUT2D eigenvalue weighted by molar-refractivity contribution is -0.109. The third-order valence-electron chi connectivity index (χ3n) is 9.94. The van der Waals surface area contributed by atoms with E-state index in [0.29, 0.717) is 30.9 Å². The van der Waals surface area contributed by atoms with E-state index in [4.69, 9.17) is 9.47 Å². The number of ether oxygens (including phenoxy) is 2. The molecule has 2 saturated heterocycles. The molecule has 1 atom stereocenters. The van der Waals surface area contributed by atoms with Crippen LogP contribution in [0.4, 0.5) is 10.2 Å². The first-order valence-electron chi connectivity index (χ1n) is 17.7. The maximum atomic E-state index is 13.7. The van der Waals surface area contributed by atoms with E-state index < -0.39 is 0 Å². The number of likely N-dealkylation sites (tertiary alicyclic amines) is 1. The standard InChI is InChI=1S/C33H41FN6O3.C4H9NO/c1-2-23-13-24(34)5-6-29(23)43-31-16-35-22-37-32(31)40-20-33(21-40)14-26(15-33)42-30-7-9-36-28-8-12-39(19-27(28)30)18-25(41)17-38-10-3-4-11-38;1-4(2)5-3-6/h5-7,9,13,16,22,25-26,41H,2-4,8,10-12,14-15,17-21H2,1H3;3-4H,1-2H3,(H,5,6). The van der Waals surface area contributed by atoms with Crippen LogP contribution < -0.4 is 19.7 Å². The van der Waals surface area contributed by atoms with Gasteiger partial charge in [-0.3, -0.25) is 14.7 Å². The van der Waals surface area contributed by atoms with Gasteiger partial charge in [0.25, 0.3) is 0 Å². The number of rotatable bonds is 12. The Morgan fingerprint density at radius 2 is 1.84 bits per heavy atom. The summed E-state index contributed by atoms with van der Waals surface area (Å²) < 4.78 is 26.5. The summed E-state index contributed by atoms with van der Waals surface area (Å²) >= 11 is 0. The Labute approximate surface area is 288 Å². The first-order chi connectivity index (χ1) is 23.7. The van der Waals surface area contributed by atoms with Gasteiger partial charge in [0.15, 0.2) is 11.6 Å². The summed E-state index contributed by atoms with van der Waals surface area (Å²) in [6, 6.07) is 6.89. The van der Waals surface area contributed by atoms with Crippen molar-refractivity contribution in [1.29, 1.82) is 0 Å². The third kappa shape index (κ3) is 8.66. The molecule has 2 aromatic heterocycles. The van der Waals surface area contributed by atoms with Crippen LogP contribution in [0.2, 0.25) is 0 Å². The number of aromatic nitrogens is 3. The molecular weight excluding hydrogens is 625 g/mol. The van der Waals surface area contributed by atoms with Crippen LogP contribution in [0.3, 0.4) is 0 Å². The Morgan fingerprint density at radius 3 is 2.55 bits per heavy atom. The molecule has 1 aliphatic carbocycles. The number of amides is 1. The number of benzene rings is 1. The van der Waals surface area contributed by atoms with Crippen molar-refractivity contribution < 1.29 is 23.8 Å². The van der Waals surface area contributed by atoms with E-state index in [-0.39, 0.29) is 29.5 Å². The van der Waals surface area contributed by atoms with E-state index in [1.807, 2.05) is 33.0 Å². The maximum absolute atomic E-state index is 13.7. The quantitative estimate of drug-likeness (QED) is 0.268. The molecule has 3 fully saturated rings. The first kappa shape index (κ1) is 35.0. The highest BCUT2D eigenvalue weighted by Gasteiger charge is 2.54. The minimum Gasteiger partial charge on any atom is -0.490 e. The van der Waals surface area contributed by atoms with Gasteiger partial charge in [0.2, 0.25) is 6.41 Å². The van der Waals surface area contributed by atoms with Crippen LogP contribution in [0.15, 0.2) is 43.0 Å². The number of aliphatic hydroxyl groups excluding tert-OH is 1. The lowest BCUT2D eigenvalue weighted by atomic mass is 9.61. The van der Waals surface area contributed by atoms with Crippen molar-refractivity contribution in [3.05, 3.63) is 65.6 Å². The van der Waals surface area contributed by atoms with Crippen molar-refractivity contribution in [3.8, 4) is 17.2 Å². The smallest absolute Gasteiger partial charge is 0.207 e. The van der Waals surface area contributed by atoms with Crippen molar-refractivity contribution >= 4 is 12.2 Å². The molecule has 1 amide bonds. The van der Waals surface area contributed by atoms with E-state index in [1.54, 1.807) is 18.6 Å². The number of nitrogens with one attached hydrogen (secondary N) is 1. The third-order valence-corrected chi connectivity index (χ3v) is 9.94. The van der Waals surface area contributed by atoms with Crippen molar-refractivity contribution in [1.82, 2.24) is 30.1 Å². The zero-order valence-electron chi connectivity index (χ0n) is 29.0. The molecule has 3 aromatic rings. The molecule has 2 N–H and O–H groups in total. The number of nitrogens with zero attached hydrogens (tertiary/aromatic N) is 6. The molecule has 1 saturated carbocycles. The topological polar surface area (TPSA) is 116 Å². The van der Waals surface area contributed by atoms with Crippen LogP contribution in [-0.4, -0.2) is 100 Å². The van der Waals surface area contributed by atoms with E-state index in [2.05, 4.69) is 35.0 Å². The summed E-state index contributed by atoms with van der Waals surface area (Å²) in [6.45, 7) is 12.9. The molecule has 5 heterocycles. The number of β-amino-alcohol motifs (C(OH)–C–C–N with tert-alkyl or cyclic N) is 1. The van der Waals surface area contributed by atoms with Crippen LogP contribution in [0.1, 0.15) is 63.3 Å². The van der Waals surface area contributed by atoms with Gasteiger partial charge in [-0.1, -0.05) is 6.92 Å². The van der Waals surface area contributed by atoms with Gasteiger partial charge in [0.05, 0.1) is 12.3 Å². The fourth-order valence-corrected chi connectivity index (χ4v) is 7.49. The Balaban J connectivity index is 0.000000639. The molecule has 0 bridgehead atoms. The summed E-state index contributed by atoms with van der Waals surface area (Å²) in [7, 11) is 0. The number of hydrogen-bond donors (Lipinski definition) is 2. The number of carbonyl (C=O) groups is 1. The number of aliphatic hydroxyl groups is 1. The second-order valence-electron chi connectivity index (χ2n) is 14.2. The van der Waals surface area contributed by atoms with E-state index >= 15 is 0 Å². The van der Waals surface area contributed by atoms with Gasteiger partial charge in [-0.2, -0.15) is 0 Å². The van der Waals surface area contributed by atoms with Gasteiger partial charge in [-0.05, 0) is 88.9 Å². The number of fused-ring (bicyclic) bond motifs is 1. The van der Waals surface area contributed by atoms with Crippen molar-refractivity contribution in [2.75, 3.05) is 50.7 Å². The fraction of sp³-hybridized carbons (Fsp3) is 0.568. The highest BCUT2D eigenvalue weighted by Crippen LogP contribution is 2.52. The Hall–Kier alpha value is -3.87. The van der Waals surface area contributed by atoms with Crippen LogP contribution in [0, 0.1) is 11.2 Å². The Morgan fingerprint density at radius 1 is 1.06 bits per heavy atom. The Bertz CT molecular complexity index is 1560. The molecule has 49 heavy (non-hydrogen) atoms. The average Bonchev–Trinajstić information content (AvgIpc) is 3.56. The minimum absolute atomic E-state index is 0.178. The van der Waals surface area contributed by atoms with Crippen LogP contribution in [0.25, 0.3) is 0 Å². The normalized spacial score (nSPS) is 19.3. The zero-order chi connectivity index (χ0) is 34.4. The van der Waals surface area contributed by atoms with E-state index in [1.165, 1.54) is 30.5 Å². The molecule has 11 nitrogen and oxygen atoms in total. The number of halogens is 1. The van der Waals surface area contributed by atoms with Crippen LogP contribution >= 0.6 is 0 Å². The maximum Gasteiger partial charge on any atom is 0.207 e. The molecule has 7 rings (SSSR count). The zero-order valence-corrected chi connectivity index (χ0v) is 29.0. The predicted octanol–water partition coefficient (Wildman–Crippen LogP) is 4.37. The second kappa shape index (κ2) is 15.8. The molecule has 3 aliphatic heterocycles. The largest absolute Gasteiger partial charge is 0.490 e. The highest BCUT2D eigenvalue weighted by molar-refractivity contribution is 5.56. The molecule has 1 aromatic carbocycles. The fourth-order valence-electron chi connectivity index (χ4n) is 7.49. The minimum atomic E-state index is -0.334. The van der Waals surface area contributed by atoms with E-state index in [9.17, 15) is 14.3 Å². The summed E-state index contributed by atoms with van der Waals surface area (Å²) in [5.41, 5.74) is 3.33. The lowest BCUT2D eigenvalue weighted by Gasteiger charge is -2.59. The van der Waals surface area contributed by atoms with Gasteiger partial charge < -0.3 is 29.7 Å². The van der Waals surface area contributed by atoms with E-state index in [0.717, 1.165) is 87.9 Å². The molecule has 1 unspecified atom stereocenters. The molecular formula is C37H50FN7O4. The number of pyridine rings is 1. The summed E-state index contributed by atoms with van der Waals surface area (Å²) in [5.74, 6) is 2.66. The van der Waals surface area contributed by atoms with Gasteiger partial charge in [-0.25, -0.2) is 14.4 Å². The van der Waals surface area contributed by atoms with Gasteiger partial charge in [-0.15, -0.1) is 0 Å². The van der Waals surface area contributed by atoms with Gasteiger partial charge >= 0.3 is 0 Å². The van der Waals surface area contributed by atoms with Crippen molar-refractivity contribution in [2.45, 2.75) is 84.1 Å². The summed E-state index contributed by atoms with van der Waals surface area (Å²) in [4.78, 5) is 29.8. The van der Waals surface area contributed by atoms with Gasteiger partial charge in [0.1, 0.15) is 29.7 Å². The monoisotopic (exact) mass is 675 g/mol. The first-order valence-corrected chi connectivity index (χ1v) is 17.7. The number of aryl methyl sites for hydroxylation is 1. The Kier molecular flexibility index (Phi) is 11.3. The molecule has 4 aliphatic rings. The average molecular weight is 676 g/mol. The predicted molar refractivity (Wildman–Crippen MR) is 185 cm³/mol. The van der Waals surface area contributed by atoms with Crippen LogP contribution in [-0.2, 0) is 24.2 Å². The van der Waals surface area contributed by atoms with Crippen molar-refractivity contribution in [3.63, 3.8) is 0 Å². The lowest BCUT2D eigenvalue weighted by Crippen LogP contribution is -2.65. The van der Waals surface area contributed by atoms with Gasteiger partial charge in [0, 0.05) is 74.6 Å². The summed E-state index contributed by atoms with van der Waals surface area (Å²) in [5, 5.41) is 13.3. The SMILES string of the molecule is CC(C)NC=O.CCc1cc(F)ccc1Oc1cncnc1N1CC2(CC(Oc3ccnc4c3CN(CC(O)CN3CCCC3)CC4)C2)C1. The second-order valence-corrected chi connectivity index (χ2v) is 14.2. The number of anilines is 1. The molecule has 0 radical (unpaired) electrons. The number of carbonyl (C=O) groups excluding carboxylic acids is 1. The highest BCUT2D eigenvalue weighted by atomic mass is 19.1. The molecule has 1 spiro atoms.